The minimum absolute atomic E-state index is 0.223. The summed E-state index contributed by atoms with van der Waals surface area (Å²) in [4.78, 5) is 11.5. The molecule has 1 aromatic rings. The van der Waals surface area contributed by atoms with Gasteiger partial charge >= 0.3 is 5.97 Å². The van der Waals surface area contributed by atoms with E-state index in [1.165, 1.54) is 50.7 Å². The number of carboxylic acids is 1. The van der Waals surface area contributed by atoms with E-state index in [1.54, 1.807) is 18.2 Å². The molecular weight excluding hydrogens is 304 g/mol. The molecule has 0 radical (unpaired) electrons. The van der Waals surface area contributed by atoms with Gasteiger partial charge in [0, 0.05) is 0 Å². The lowest BCUT2D eigenvalue weighted by atomic mass is 9.85. The molecule has 136 valence electrons. The van der Waals surface area contributed by atoms with Crippen molar-refractivity contribution in [3.05, 3.63) is 35.9 Å². The summed E-state index contributed by atoms with van der Waals surface area (Å²) in [7, 11) is 0. The molecular formula is C20H32O4. The molecule has 0 heterocycles. The van der Waals surface area contributed by atoms with E-state index in [0.29, 0.717) is 0 Å². The lowest BCUT2D eigenvalue weighted by Gasteiger charge is -2.29. The van der Waals surface area contributed by atoms with Crippen LogP contribution in [0.15, 0.2) is 30.3 Å². The smallest absolute Gasteiger partial charge is 0.343 e. The standard InChI is InChI=1S/C20H32O4/c1-2-3-4-5-6-7-8-9-13-16-18(21)20(24,19(22)23)17-14-11-10-12-15-17/h10-12,14-15,18,21,24H,2-9,13,16H2,1H3,(H,22,23). The van der Waals surface area contributed by atoms with Crippen LogP contribution in [0.1, 0.15) is 76.7 Å². The van der Waals surface area contributed by atoms with Gasteiger partial charge < -0.3 is 15.3 Å². The molecule has 2 atom stereocenters. The van der Waals surface area contributed by atoms with Crippen molar-refractivity contribution in [1.29, 1.82) is 0 Å². The first-order chi connectivity index (χ1) is 11.5. The van der Waals surface area contributed by atoms with E-state index < -0.39 is 17.7 Å². The monoisotopic (exact) mass is 336 g/mol. The number of benzene rings is 1. The highest BCUT2D eigenvalue weighted by Crippen LogP contribution is 2.28. The fourth-order valence-corrected chi connectivity index (χ4v) is 3.01. The second-order valence-electron chi connectivity index (χ2n) is 6.57. The first-order valence-corrected chi connectivity index (χ1v) is 9.22. The predicted octanol–water partition coefficient (Wildman–Crippen LogP) is 4.24. The van der Waals surface area contributed by atoms with E-state index in [-0.39, 0.29) is 12.0 Å². The third kappa shape index (κ3) is 6.25. The molecule has 4 nitrogen and oxygen atoms in total. The zero-order chi connectivity index (χ0) is 17.8. The molecule has 0 aliphatic rings. The molecule has 0 spiro atoms. The summed E-state index contributed by atoms with van der Waals surface area (Å²) in [6.07, 6.45) is 9.32. The highest BCUT2D eigenvalue weighted by Gasteiger charge is 2.44. The Hall–Kier alpha value is -1.39. The summed E-state index contributed by atoms with van der Waals surface area (Å²) in [6, 6.07) is 8.14. The third-order valence-corrected chi connectivity index (χ3v) is 4.60. The number of aliphatic hydroxyl groups is 2. The van der Waals surface area contributed by atoms with Crippen molar-refractivity contribution in [2.75, 3.05) is 0 Å². The highest BCUT2D eigenvalue weighted by atomic mass is 16.4. The summed E-state index contributed by atoms with van der Waals surface area (Å²) < 4.78 is 0. The third-order valence-electron chi connectivity index (χ3n) is 4.60. The molecule has 0 bridgehead atoms. The van der Waals surface area contributed by atoms with Crippen LogP contribution in [0.25, 0.3) is 0 Å². The molecule has 0 saturated carbocycles. The van der Waals surface area contributed by atoms with Gasteiger partial charge in [0.2, 0.25) is 5.60 Å². The average Bonchev–Trinajstić information content (AvgIpc) is 2.59. The van der Waals surface area contributed by atoms with E-state index in [1.807, 2.05) is 0 Å². The van der Waals surface area contributed by atoms with E-state index in [4.69, 9.17) is 0 Å². The predicted molar refractivity (Wildman–Crippen MR) is 95.8 cm³/mol. The maximum atomic E-state index is 11.5. The van der Waals surface area contributed by atoms with E-state index >= 15 is 0 Å². The van der Waals surface area contributed by atoms with Crippen molar-refractivity contribution < 1.29 is 20.1 Å². The Morgan fingerprint density at radius 2 is 1.46 bits per heavy atom. The van der Waals surface area contributed by atoms with Gasteiger partial charge in [0.15, 0.2) is 0 Å². The molecule has 1 aromatic carbocycles. The first kappa shape index (κ1) is 20.7. The molecule has 0 fully saturated rings. The molecule has 1 rings (SSSR count). The number of carboxylic acid groups (broad SMARTS) is 1. The van der Waals surface area contributed by atoms with Gasteiger partial charge in [-0.3, -0.25) is 0 Å². The van der Waals surface area contributed by atoms with Gasteiger partial charge in [0.1, 0.15) is 0 Å². The van der Waals surface area contributed by atoms with Crippen LogP contribution in [0.3, 0.4) is 0 Å². The van der Waals surface area contributed by atoms with E-state index in [9.17, 15) is 20.1 Å². The van der Waals surface area contributed by atoms with Crippen molar-refractivity contribution in [2.24, 2.45) is 0 Å². The van der Waals surface area contributed by atoms with E-state index in [2.05, 4.69) is 6.92 Å². The van der Waals surface area contributed by atoms with Crippen LogP contribution in [-0.4, -0.2) is 27.4 Å². The molecule has 0 saturated heterocycles. The largest absolute Gasteiger partial charge is 0.479 e. The Balaban J connectivity index is 2.34. The van der Waals surface area contributed by atoms with Gasteiger partial charge in [-0.25, -0.2) is 4.79 Å². The van der Waals surface area contributed by atoms with E-state index in [0.717, 1.165) is 19.3 Å². The van der Waals surface area contributed by atoms with Crippen molar-refractivity contribution in [2.45, 2.75) is 82.8 Å². The summed E-state index contributed by atoms with van der Waals surface area (Å²) in [5.74, 6) is -1.41. The van der Waals surface area contributed by atoms with Gasteiger partial charge in [-0.05, 0) is 12.0 Å². The van der Waals surface area contributed by atoms with Crippen LogP contribution in [0.2, 0.25) is 0 Å². The van der Waals surface area contributed by atoms with Crippen LogP contribution < -0.4 is 0 Å². The normalized spacial score (nSPS) is 15.0. The number of aliphatic hydroxyl groups excluding tert-OH is 1. The summed E-state index contributed by atoms with van der Waals surface area (Å²) in [5.41, 5.74) is -2.01. The molecule has 4 heteroatoms. The van der Waals surface area contributed by atoms with Gasteiger partial charge in [0.05, 0.1) is 6.10 Å². The summed E-state index contributed by atoms with van der Waals surface area (Å²) in [5, 5.41) is 30.2. The van der Waals surface area contributed by atoms with Crippen molar-refractivity contribution in [1.82, 2.24) is 0 Å². The van der Waals surface area contributed by atoms with Gasteiger partial charge in [-0.1, -0.05) is 95.0 Å². The van der Waals surface area contributed by atoms with Gasteiger partial charge in [-0.2, -0.15) is 0 Å². The molecule has 0 aliphatic heterocycles. The summed E-state index contributed by atoms with van der Waals surface area (Å²) in [6.45, 7) is 2.21. The fourth-order valence-electron chi connectivity index (χ4n) is 3.01. The molecule has 2 unspecified atom stereocenters. The minimum Gasteiger partial charge on any atom is -0.479 e. The van der Waals surface area contributed by atoms with Crippen LogP contribution in [0.5, 0.6) is 0 Å². The lowest BCUT2D eigenvalue weighted by molar-refractivity contribution is -0.174. The Labute approximate surface area is 145 Å². The maximum Gasteiger partial charge on any atom is 0.343 e. The van der Waals surface area contributed by atoms with Crippen LogP contribution in [0, 0.1) is 0 Å². The average molecular weight is 336 g/mol. The minimum atomic E-state index is -2.23. The number of unbranched alkanes of at least 4 members (excludes halogenated alkanes) is 8. The quantitative estimate of drug-likeness (QED) is 0.471. The van der Waals surface area contributed by atoms with Gasteiger partial charge in [-0.15, -0.1) is 0 Å². The SMILES string of the molecule is CCCCCCCCCCCC(O)C(O)(C(=O)O)c1ccccc1. The first-order valence-electron chi connectivity index (χ1n) is 9.22. The topological polar surface area (TPSA) is 77.8 Å². The summed E-state index contributed by atoms with van der Waals surface area (Å²) >= 11 is 0. The van der Waals surface area contributed by atoms with Crippen LogP contribution in [-0.2, 0) is 10.4 Å². The fraction of sp³-hybridized carbons (Fsp3) is 0.650. The van der Waals surface area contributed by atoms with Crippen LogP contribution in [0.4, 0.5) is 0 Å². The lowest BCUT2D eigenvalue weighted by Crippen LogP contribution is -2.46. The number of aliphatic carboxylic acids is 1. The number of carbonyl (C=O) groups is 1. The molecule has 0 aromatic heterocycles. The molecule has 3 N–H and O–H groups in total. The highest BCUT2D eigenvalue weighted by molar-refractivity contribution is 5.80. The second kappa shape index (κ2) is 11.2. The number of rotatable bonds is 13. The van der Waals surface area contributed by atoms with Crippen molar-refractivity contribution >= 4 is 5.97 Å². The van der Waals surface area contributed by atoms with Crippen LogP contribution >= 0.6 is 0 Å². The molecule has 0 amide bonds. The number of hydrogen-bond acceptors (Lipinski definition) is 3. The zero-order valence-corrected chi connectivity index (χ0v) is 14.8. The number of hydrogen-bond donors (Lipinski definition) is 3. The second-order valence-corrected chi connectivity index (χ2v) is 6.57. The Kier molecular flexibility index (Phi) is 9.65. The Morgan fingerprint density at radius 3 is 1.96 bits per heavy atom. The van der Waals surface area contributed by atoms with Crippen molar-refractivity contribution in [3.8, 4) is 0 Å². The maximum absolute atomic E-state index is 11.5. The molecule has 0 aliphatic carbocycles. The van der Waals surface area contributed by atoms with Crippen molar-refractivity contribution in [3.63, 3.8) is 0 Å². The molecule has 24 heavy (non-hydrogen) atoms. The Bertz CT molecular complexity index is 460. The van der Waals surface area contributed by atoms with Gasteiger partial charge in [0.25, 0.3) is 0 Å². The zero-order valence-electron chi connectivity index (χ0n) is 14.8. The Morgan fingerprint density at radius 1 is 0.958 bits per heavy atom.